The summed E-state index contributed by atoms with van der Waals surface area (Å²) in [5.41, 5.74) is 4.48. The van der Waals surface area contributed by atoms with Crippen molar-refractivity contribution < 1.29 is 28.5 Å². The van der Waals surface area contributed by atoms with Gasteiger partial charge in [0.05, 0.1) is 26.4 Å². The topological polar surface area (TPSA) is 83.1 Å². The van der Waals surface area contributed by atoms with Crippen LogP contribution < -0.4 is 14.8 Å². The molecule has 2 unspecified atom stereocenters. The first-order chi connectivity index (χ1) is 17.0. The van der Waals surface area contributed by atoms with Gasteiger partial charge in [0.2, 0.25) is 0 Å². The van der Waals surface area contributed by atoms with Crippen molar-refractivity contribution in [1.82, 2.24) is 5.32 Å². The molecule has 0 radical (unpaired) electrons. The lowest BCUT2D eigenvalue weighted by Crippen LogP contribution is -2.36. The smallest absolute Gasteiger partial charge is 0.336 e. The van der Waals surface area contributed by atoms with Gasteiger partial charge in [-0.05, 0) is 54.7 Å². The molecule has 7 nitrogen and oxygen atoms in total. The van der Waals surface area contributed by atoms with Gasteiger partial charge < -0.3 is 24.3 Å². The highest BCUT2D eigenvalue weighted by molar-refractivity contribution is 6.04. The highest BCUT2D eigenvalue weighted by Crippen LogP contribution is 2.46. The summed E-state index contributed by atoms with van der Waals surface area (Å²) in [6, 6.07) is 15.3. The average molecular weight is 478 g/mol. The first-order valence-electron chi connectivity index (χ1n) is 11.6. The molecule has 35 heavy (non-hydrogen) atoms. The Bertz CT molecular complexity index is 1160. The van der Waals surface area contributed by atoms with Crippen molar-refractivity contribution in [1.29, 1.82) is 0 Å². The number of hydrogen-bond acceptors (Lipinski definition) is 7. The number of esters is 1. The van der Waals surface area contributed by atoms with Crippen LogP contribution in [0.15, 0.2) is 71.1 Å². The van der Waals surface area contributed by atoms with Crippen molar-refractivity contribution in [2.24, 2.45) is 0 Å². The fraction of sp³-hybridized carbons (Fsp3) is 0.357. The van der Waals surface area contributed by atoms with Crippen molar-refractivity contribution in [3.8, 4) is 11.5 Å². The maximum Gasteiger partial charge on any atom is 0.336 e. The maximum atomic E-state index is 13.7. The summed E-state index contributed by atoms with van der Waals surface area (Å²) in [4.78, 5) is 26.9. The van der Waals surface area contributed by atoms with Gasteiger partial charge in [0.25, 0.3) is 0 Å². The Morgan fingerprint density at radius 3 is 2.37 bits per heavy atom. The van der Waals surface area contributed by atoms with Crippen LogP contribution in [0.2, 0.25) is 0 Å². The number of allylic oxidation sites excluding steroid dienone is 3. The molecule has 2 aliphatic rings. The third-order valence-corrected chi connectivity index (χ3v) is 6.58. The van der Waals surface area contributed by atoms with Crippen LogP contribution in [0.25, 0.3) is 0 Å². The van der Waals surface area contributed by atoms with Crippen LogP contribution in [-0.2, 0) is 19.1 Å². The van der Waals surface area contributed by atoms with Crippen LogP contribution in [0.5, 0.6) is 11.5 Å². The average Bonchev–Trinajstić information content (AvgIpc) is 2.87. The molecular formula is C28H31NO6. The number of benzene rings is 2. The Hall–Kier alpha value is -3.58. The molecule has 0 amide bonds. The molecule has 0 fully saturated rings. The predicted octanol–water partition coefficient (Wildman–Crippen LogP) is 4.26. The molecule has 0 spiro atoms. The van der Waals surface area contributed by atoms with E-state index >= 15 is 0 Å². The second-order valence-corrected chi connectivity index (χ2v) is 8.70. The van der Waals surface area contributed by atoms with Gasteiger partial charge in [-0.3, -0.25) is 4.79 Å². The lowest BCUT2D eigenvalue weighted by molar-refractivity contribution is -0.140. The van der Waals surface area contributed by atoms with Gasteiger partial charge >= 0.3 is 5.97 Å². The van der Waals surface area contributed by atoms with Gasteiger partial charge in [0, 0.05) is 36.4 Å². The van der Waals surface area contributed by atoms with Crippen molar-refractivity contribution >= 4 is 11.8 Å². The quantitative estimate of drug-likeness (QED) is 0.449. The monoisotopic (exact) mass is 477 g/mol. The van der Waals surface area contributed by atoms with Crippen LogP contribution >= 0.6 is 0 Å². The Labute approximate surface area is 205 Å². The minimum atomic E-state index is -0.541. The molecule has 4 rings (SSSR count). The SMILES string of the molecule is COCCOC(=O)C1=C(C)NC2=C(C(=O)CC(c3ccc(OC)cc3)C2)C1c1cccc(OC)c1. The molecule has 1 aliphatic heterocycles. The Balaban J connectivity index is 1.74. The number of hydrogen-bond donors (Lipinski definition) is 1. The zero-order valence-electron chi connectivity index (χ0n) is 20.6. The van der Waals surface area contributed by atoms with E-state index in [0.717, 1.165) is 22.6 Å². The summed E-state index contributed by atoms with van der Waals surface area (Å²) in [6.07, 6.45) is 1.02. The second-order valence-electron chi connectivity index (χ2n) is 8.70. The predicted molar refractivity (Wildman–Crippen MR) is 131 cm³/mol. The van der Waals surface area contributed by atoms with Gasteiger partial charge in [-0.15, -0.1) is 0 Å². The Kier molecular flexibility index (Phi) is 7.56. The molecule has 0 saturated carbocycles. The number of dihydropyridines is 1. The molecule has 1 aliphatic carbocycles. The first kappa shape index (κ1) is 24.5. The van der Waals surface area contributed by atoms with Gasteiger partial charge in [-0.2, -0.15) is 0 Å². The van der Waals surface area contributed by atoms with E-state index in [9.17, 15) is 9.59 Å². The summed E-state index contributed by atoms with van der Waals surface area (Å²) < 4.78 is 21.2. The summed E-state index contributed by atoms with van der Waals surface area (Å²) in [5, 5.41) is 3.37. The number of carbonyl (C=O) groups is 2. The van der Waals surface area contributed by atoms with Crippen LogP contribution in [0.1, 0.15) is 42.7 Å². The number of ether oxygens (including phenoxy) is 4. The van der Waals surface area contributed by atoms with Gasteiger partial charge in [0.15, 0.2) is 5.78 Å². The highest BCUT2D eigenvalue weighted by atomic mass is 16.6. The molecule has 2 atom stereocenters. The van der Waals surface area contributed by atoms with Crippen molar-refractivity contribution in [3.63, 3.8) is 0 Å². The fourth-order valence-electron chi connectivity index (χ4n) is 4.87. The van der Waals surface area contributed by atoms with Crippen LogP contribution in [-0.4, -0.2) is 46.3 Å². The molecule has 0 bridgehead atoms. The number of rotatable bonds is 8. The van der Waals surface area contributed by atoms with E-state index in [2.05, 4.69) is 5.32 Å². The lowest BCUT2D eigenvalue weighted by Gasteiger charge is -2.36. The van der Waals surface area contributed by atoms with E-state index in [0.29, 0.717) is 42.0 Å². The first-order valence-corrected chi connectivity index (χ1v) is 11.6. The van der Waals surface area contributed by atoms with Gasteiger partial charge in [0.1, 0.15) is 18.1 Å². The number of Topliss-reactive ketones (excluding diaryl/α,β-unsaturated/α-hetero) is 1. The largest absolute Gasteiger partial charge is 0.497 e. The third-order valence-electron chi connectivity index (χ3n) is 6.58. The standard InChI is InChI=1S/C28H31NO6/c1-17-25(28(31)35-13-12-32-2)26(19-6-5-7-22(14-19)34-4)27-23(29-17)15-20(16-24(27)30)18-8-10-21(33-3)11-9-18/h5-11,14,20,26,29H,12-13,15-16H2,1-4H3. The number of nitrogens with one attached hydrogen (secondary N) is 1. The molecule has 2 aromatic carbocycles. The molecule has 1 N–H and O–H groups in total. The number of ketones is 1. The zero-order chi connectivity index (χ0) is 24.9. The van der Waals surface area contributed by atoms with E-state index in [1.807, 2.05) is 55.5 Å². The second kappa shape index (κ2) is 10.8. The van der Waals surface area contributed by atoms with Crippen molar-refractivity contribution in [2.45, 2.75) is 31.6 Å². The van der Waals surface area contributed by atoms with E-state index < -0.39 is 11.9 Å². The summed E-state index contributed by atoms with van der Waals surface area (Å²) in [7, 11) is 4.78. The Morgan fingerprint density at radius 2 is 1.69 bits per heavy atom. The number of carbonyl (C=O) groups excluding carboxylic acids is 2. The molecule has 184 valence electrons. The van der Waals surface area contributed by atoms with E-state index in [1.54, 1.807) is 21.3 Å². The summed E-state index contributed by atoms with van der Waals surface area (Å²) >= 11 is 0. The minimum Gasteiger partial charge on any atom is -0.497 e. The van der Waals surface area contributed by atoms with Gasteiger partial charge in [-0.1, -0.05) is 24.3 Å². The normalized spacial score (nSPS) is 19.7. The number of methoxy groups -OCH3 is 3. The molecule has 2 aromatic rings. The highest BCUT2D eigenvalue weighted by Gasteiger charge is 2.41. The van der Waals surface area contributed by atoms with E-state index in [4.69, 9.17) is 18.9 Å². The van der Waals surface area contributed by atoms with Crippen LogP contribution in [0.3, 0.4) is 0 Å². The molecular weight excluding hydrogens is 446 g/mol. The maximum absolute atomic E-state index is 13.7. The fourth-order valence-corrected chi connectivity index (χ4v) is 4.87. The summed E-state index contributed by atoms with van der Waals surface area (Å²) in [5.74, 6) is 0.486. The zero-order valence-corrected chi connectivity index (χ0v) is 20.6. The van der Waals surface area contributed by atoms with E-state index in [-0.39, 0.29) is 18.3 Å². The lowest BCUT2D eigenvalue weighted by atomic mass is 9.71. The Morgan fingerprint density at radius 1 is 0.943 bits per heavy atom. The van der Waals surface area contributed by atoms with Crippen molar-refractivity contribution in [3.05, 3.63) is 82.2 Å². The molecule has 7 heteroatoms. The summed E-state index contributed by atoms with van der Waals surface area (Å²) in [6.45, 7) is 2.29. The van der Waals surface area contributed by atoms with Crippen LogP contribution in [0, 0.1) is 0 Å². The van der Waals surface area contributed by atoms with Crippen LogP contribution in [0.4, 0.5) is 0 Å². The molecule has 1 heterocycles. The minimum absolute atomic E-state index is 0.0158. The third kappa shape index (κ3) is 5.10. The molecule has 0 saturated heterocycles. The van der Waals surface area contributed by atoms with Gasteiger partial charge in [-0.25, -0.2) is 4.79 Å². The van der Waals surface area contributed by atoms with E-state index in [1.165, 1.54) is 0 Å². The van der Waals surface area contributed by atoms with Crippen molar-refractivity contribution in [2.75, 3.05) is 34.5 Å². The molecule has 0 aromatic heterocycles.